The lowest BCUT2D eigenvalue weighted by Crippen LogP contribution is -2.50. The quantitative estimate of drug-likeness (QED) is 0.601. The minimum Gasteiger partial charge on any atom is -0.357 e. The largest absolute Gasteiger partial charge is 0.357 e. The third-order valence-electron chi connectivity index (χ3n) is 5.18. The second-order valence-corrected chi connectivity index (χ2v) is 8.11. The van der Waals surface area contributed by atoms with Gasteiger partial charge in [0.25, 0.3) is 0 Å². The SMILES string of the molecule is CCNC(=NCC(C)(C)c1ccccc1F)NC1CCN(C(C)C)CC1. The normalized spacial score (nSPS) is 17.6. The van der Waals surface area contributed by atoms with Gasteiger partial charge in [-0.05, 0) is 45.2 Å². The molecule has 4 nitrogen and oxygen atoms in total. The van der Waals surface area contributed by atoms with Crippen molar-refractivity contribution in [1.29, 1.82) is 0 Å². The first-order valence-electron chi connectivity index (χ1n) is 9.87. The zero-order chi connectivity index (χ0) is 19.2. The zero-order valence-electron chi connectivity index (χ0n) is 17.0. The van der Waals surface area contributed by atoms with Gasteiger partial charge in [0.2, 0.25) is 0 Å². The van der Waals surface area contributed by atoms with Gasteiger partial charge in [0.15, 0.2) is 5.96 Å². The number of likely N-dealkylation sites (tertiary alicyclic amines) is 1. The van der Waals surface area contributed by atoms with Crippen LogP contribution in [0.5, 0.6) is 0 Å². The Kier molecular flexibility index (Phi) is 7.44. The highest BCUT2D eigenvalue weighted by Gasteiger charge is 2.25. The van der Waals surface area contributed by atoms with Crippen LogP contribution in [0.2, 0.25) is 0 Å². The third kappa shape index (κ3) is 5.70. The maximum Gasteiger partial charge on any atom is 0.191 e. The number of aliphatic imine (C=N–C) groups is 1. The van der Waals surface area contributed by atoms with E-state index in [1.807, 2.05) is 26.0 Å². The number of nitrogens with one attached hydrogen (secondary N) is 2. The lowest BCUT2D eigenvalue weighted by molar-refractivity contribution is 0.167. The smallest absolute Gasteiger partial charge is 0.191 e. The molecule has 0 bridgehead atoms. The summed E-state index contributed by atoms with van der Waals surface area (Å²) in [5, 5.41) is 6.91. The first kappa shape index (κ1) is 20.7. The molecule has 0 saturated carbocycles. The molecule has 1 aromatic carbocycles. The molecule has 0 radical (unpaired) electrons. The molecule has 1 aliphatic rings. The molecule has 2 rings (SSSR count). The van der Waals surface area contributed by atoms with Crippen molar-refractivity contribution in [2.24, 2.45) is 4.99 Å². The highest BCUT2D eigenvalue weighted by atomic mass is 19.1. The van der Waals surface area contributed by atoms with Crippen LogP contribution < -0.4 is 10.6 Å². The van der Waals surface area contributed by atoms with Crippen LogP contribution in [0.1, 0.15) is 53.0 Å². The molecule has 5 heteroatoms. The molecule has 1 aromatic rings. The van der Waals surface area contributed by atoms with Crippen molar-refractivity contribution >= 4 is 5.96 Å². The van der Waals surface area contributed by atoms with Crippen LogP contribution in [0.15, 0.2) is 29.3 Å². The summed E-state index contributed by atoms with van der Waals surface area (Å²) >= 11 is 0. The highest BCUT2D eigenvalue weighted by molar-refractivity contribution is 5.80. The predicted octanol–water partition coefficient (Wildman–Crippen LogP) is 3.53. The molecule has 26 heavy (non-hydrogen) atoms. The van der Waals surface area contributed by atoms with Crippen molar-refractivity contribution in [2.75, 3.05) is 26.2 Å². The van der Waals surface area contributed by atoms with Crippen molar-refractivity contribution in [3.63, 3.8) is 0 Å². The van der Waals surface area contributed by atoms with Gasteiger partial charge in [-0.25, -0.2) is 4.39 Å². The van der Waals surface area contributed by atoms with Crippen LogP contribution in [-0.2, 0) is 5.41 Å². The van der Waals surface area contributed by atoms with Crippen molar-refractivity contribution in [2.45, 2.75) is 65.0 Å². The number of guanidine groups is 1. The number of halogens is 1. The maximum absolute atomic E-state index is 14.1. The van der Waals surface area contributed by atoms with Crippen molar-refractivity contribution in [3.05, 3.63) is 35.6 Å². The third-order valence-corrected chi connectivity index (χ3v) is 5.18. The summed E-state index contributed by atoms with van der Waals surface area (Å²) < 4.78 is 14.1. The molecule has 1 saturated heterocycles. The molecule has 1 aliphatic heterocycles. The fourth-order valence-corrected chi connectivity index (χ4v) is 3.45. The first-order chi connectivity index (χ1) is 12.3. The second-order valence-electron chi connectivity index (χ2n) is 8.11. The van der Waals surface area contributed by atoms with E-state index >= 15 is 0 Å². The van der Waals surface area contributed by atoms with Gasteiger partial charge in [0.1, 0.15) is 5.82 Å². The molecule has 146 valence electrons. The van der Waals surface area contributed by atoms with E-state index in [1.165, 1.54) is 6.07 Å². The lowest BCUT2D eigenvalue weighted by Gasteiger charge is -2.35. The van der Waals surface area contributed by atoms with Crippen LogP contribution in [0.3, 0.4) is 0 Å². The van der Waals surface area contributed by atoms with Gasteiger partial charge in [-0.3, -0.25) is 4.99 Å². The van der Waals surface area contributed by atoms with Crippen molar-refractivity contribution < 1.29 is 4.39 Å². The summed E-state index contributed by atoms with van der Waals surface area (Å²) in [7, 11) is 0. The molecule has 0 unspecified atom stereocenters. The van der Waals surface area contributed by atoms with E-state index in [2.05, 4.69) is 36.3 Å². The van der Waals surface area contributed by atoms with Gasteiger partial charge >= 0.3 is 0 Å². The molecular formula is C21H35FN4. The first-order valence-corrected chi connectivity index (χ1v) is 9.87. The molecule has 1 fully saturated rings. The Labute approximate surface area is 158 Å². The Bertz CT molecular complexity index is 589. The monoisotopic (exact) mass is 362 g/mol. The molecule has 1 heterocycles. The molecule has 0 spiro atoms. The van der Waals surface area contributed by atoms with E-state index in [0.29, 0.717) is 24.2 Å². The Hall–Kier alpha value is -1.62. The fourth-order valence-electron chi connectivity index (χ4n) is 3.45. The number of benzene rings is 1. The average Bonchev–Trinajstić information content (AvgIpc) is 2.60. The zero-order valence-corrected chi connectivity index (χ0v) is 17.0. The summed E-state index contributed by atoms with van der Waals surface area (Å²) in [6.45, 7) is 14.3. The second kappa shape index (κ2) is 9.36. The number of piperidine rings is 1. The van der Waals surface area contributed by atoms with Crippen LogP contribution in [0.4, 0.5) is 4.39 Å². The maximum atomic E-state index is 14.1. The van der Waals surface area contributed by atoms with Gasteiger partial charge in [-0.2, -0.15) is 0 Å². The van der Waals surface area contributed by atoms with Crippen molar-refractivity contribution in [3.8, 4) is 0 Å². The van der Waals surface area contributed by atoms with Gasteiger partial charge in [0.05, 0.1) is 6.54 Å². The fraction of sp³-hybridized carbons (Fsp3) is 0.667. The van der Waals surface area contributed by atoms with E-state index in [4.69, 9.17) is 4.99 Å². The molecule has 2 N–H and O–H groups in total. The standard InChI is InChI=1S/C21H35FN4/c1-6-23-20(25-17-11-13-26(14-12-17)16(2)3)24-15-21(4,5)18-9-7-8-10-19(18)22/h7-10,16-17H,6,11-15H2,1-5H3,(H2,23,24,25). The van der Waals surface area contributed by atoms with Crippen LogP contribution in [-0.4, -0.2) is 49.1 Å². The highest BCUT2D eigenvalue weighted by Crippen LogP contribution is 2.26. The van der Waals surface area contributed by atoms with Gasteiger partial charge in [-0.15, -0.1) is 0 Å². The number of hydrogen-bond acceptors (Lipinski definition) is 2. The molecule has 0 atom stereocenters. The van der Waals surface area contributed by atoms with Gasteiger partial charge in [0, 0.05) is 37.1 Å². The predicted molar refractivity (Wildman–Crippen MR) is 108 cm³/mol. The number of nitrogens with zero attached hydrogens (tertiary/aromatic N) is 2. The van der Waals surface area contributed by atoms with E-state index in [-0.39, 0.29) is 11.2 Å². The molecule has 0 aromatic heterocycles. The summed E-state index contributed by atoms with van der Waals surface area (Å²) in [5.74, 6) is 0.673. The molecule has 0 amide bonds. The Morgan fingerprint density at radius 1 is 1.27 bits per heavy atom. The minimum absolute atomic E-state index is 0.160. The summed E-state index contributed by atoms with van der Waals surface area (Å²) in [5.41, 5.74) is 0.360. The lowest BCUT2D eigenvalue weighted by atomic mass is 9.84. The average molecular weight is 363 g/mol. The van der Waals surface area contributed by atoms with E-state index in [9.17, 15) is 4.39 Å². The Balaban J connectivity index is 1.99. The summed E-state index contributed by atoms with van der Waals surface area (Å²) in [6, 6.07) is 8.04. The number of rotatable bonds is 6. The topological polar surface area (TPSA) is 39.7 Å². The number of hydrogen-bond donors (Lipinski definition) is 2. The Morgan fingerprint density at radius 3 is 2.50 bits per heavy atom. The van der Waals surface area contributed by atoms with E-state index in [0.717, 1.165) is 38.4 Å². The summed E-state index contributed by atoms with van der Waals surface area (Å²) in [4.78, 5) is 7.28. The van der Waals surface area contributed by atoms with Crippen LogP contribution >= 0.6 is 0 Å². The Morgan fingerprint density at radius 2 is 1.92 bits per heavy atom. The van der Waals surface area contributed by atoms with E-state index in [1.54, 1.807) is 6.07 Å². The van der Waals surface area contributed by atoms with E-state index < -0.39 is 0 Å². The van der Waals surface area contributed by atoms with Crippen molar-refractivity contribution in [1.82, 2.24) is 15.5 Å². The van der Waals surface area contributed by atoms with Gasteiger partial charge < -0.3 is 15.5 Å². The van der Waals surface area contributed by atoms with Crippen LogP contribution in [0, 0.1) is 5.82 Å². The van der Waals surface area contributed by atoms with Gasteiger partial charge in [-0.1, -0.05) is 32.0 Å². The van der Waals surface area contributed by atoms with Crippen LogP contribution in [0.25, 0.3) is 0 Å². The minimum atomic E-state index is -0.352. The molecule has 0 aliphatic carbocycles. The molecular weight excluding hydrogens is 327 g/mol. The summed E-state index contributed by atoms with van der Waals surface area (Å²) in [6.07, 6.45) is 2.25.